The van der Waals surface area contributed by atoms with Crippen LogP contribution in [0.15, 0.2) is 78.9 Å². The van der Waals surface area contributed by atoms with E-state index in [0.717, 1.165) is 33.5 Å². The summed E-state index contributed by atoms with van der Waals surface area (Å²) in [5.41, 5.74) is 11.2. The number of nitrogens with one attached hydrogen (secondary N) is 1. The van der Waals surface area contributed by atoms with Crippen LogP contribution in [0, 0.1) is 5.82 Å². The molecule has 0 spiro atoms. The molecule has 0 aliphatic carbocycles. The number of aromatic nitrogens is 2. The Labute approximate surface area is 315 Å². The van der Waals surface area contributed by atoms with Gasteiger partial charge in [0.1, 0.15) is 24.9 Å². The van der Waals surface area contributed by atoms with Gasteiger partial charge >= 0.3 is 11.9 Å². The molecule has 5 rings (SSSR count). The SMILES string of the molecule is CC(=O)OCCN(CCOC(C)=O)c1ccc(-c2nc3cc(C(CC(N)=O)NCc4ccc(Cl)c(Cl)c4)ccc3n2Cc2ccc(F)c(Cl)c2)cc1. The van der Waals surface area contributed by atoms with E-state index in [4.69, 9.17) is 55.0 Å². The van der Waals surface area contributed by atoms with E-state index >= 15 is 0 Å². The van der Waals surface area contributed by atoms with Gasteiger partial charge in [0.2, 0.25) is 5.91 Å². The molecule has 272 valence electrons. The van der Waals surface area contributed by atoms with Gasteiger partial charge in [-0.15, -0.1) is 0 Å². The molecule has 3 N–H and O–H groups in total. The van der Waals surface area contributed by atoms with E-state index in [-0.39, 0.29) is 36.6 Å². The predicted molar refractivity (Wildman–Crippen MR) is 201 cm³/mol. The zero-order chi connectivity index (χ0) is 37.4. The van der Waals surface area contributed by atoms with Gasteiger partial charge in [-0.2, -0.15) is 0 Å². The number of imidazole rings is 1. The summed E-state index contributed by atoms with van der Waals surface area (Å²) < 4.78 is 26.4. The number of hydrogen-bond acceptors (Lipinski definition) is 8. The lowest BCUT2D eigenvalue weighted by atomic mass is 10.0. The van der Waals surface area contributed by atoms with Crippen LogP contribution in [0.4, 0.5) is 10.1 Å². The van der Waals surface area contributed by atoms with Gasteiger partial charge in [0, 0.05) is 50.7 Å². The minimum Gasteiger partial charge on any atom is -0.464 e. The third-order valence-electron chi connectivity index (χ3n) is 8.26. The third-order valence-corrected chi connectivity index (χ3v) is 9.29. The number of anilines is 1. The zero-order valence-electron chi connectivity index (χ0n) is 28.5. The first-order valence-electron chi connectivity index (χ1n) is 16.4. The molecular formula is C38H37Cl3FN5O5. The van der Waals surface area contributed by atoms with Crippen molar-refractivity contribution < 1.29 is 28.2 Å². The van der Waals surface area contributed by atoms with Crippen molar-refractivity contribution in [1.82, 2.24) is 14.9 Å². The molecule has 0 aliphatic rings. The molecule has 4 aromatic carbocycles. The van der Waals surface area contributed by atoms with Gasteiger partial charge in [0.25, 0.3) is 0 Å². The fraction of sp³-hybridized carbons (Fsp3) is 0.263. The van der Waals surface area contributed by atoms with E-state index in [2.05, 4.69) is 5.32 Å². The van der Waals surface area contributed by atoms with Gasteiger partial charge < -0.3 is 30.0 Å². The highest BCUT2D eigenvalue weighted by molar-refractivity contribution is 6.42. The van der Waals surface area contributed by atoms with Crippen molar-refractivity contribution in [3.63, 3.8) is 0 Å². The molecule has 10 nitrogen and oxygen atoms in total. The van der Waals surface area contributed by atoms with Crippen LogP contribution in [0.5, 0.6) is 0 Å². The van der Waals surface area contributed by atoms with Crippen molar-refractivity contribution in [2.45, 2.75) is 39.4 Å². The van der Waals surface area contributed by atoms with Crippen molar-refractivity contribution in [3.05, 3.63) is 116 Å². The first-order chi connectivity index (χ1) is 24.9. The molecule has 0 aliphatic heterocycles. The Hall–Kier alpha value is -4.68. The maximum Gasteiger partial charge on any atom is 0.302 e. The van der Waals surface area contributed by atoms with Crippen molar-refractivity contribution >= 4 is 69.4 Å². The summed E-state index contributed by atoms with van der Waals surface area (Å²) in [6, 6.07) is 22.9. The summed E-state index contributed by atoms with van der Waals surface area (Å²) in [6.07, 6.45) is 0.0430. The van der Waals surface area contributed by atoms with Gasteiger partial charge in [-0.05, 0) is 77.4 Å². The molecule has 1 amide bonds. The lowest BCUT2D eigenvalue weighted by molar-refractivity contribution is -0.141. The molecule has 0 saturated carbocycles. The summed E-state index contributed by atoms with van der Waals surface area (Å²) in [7, 11) is 0. The first kappa shape index (κ1) is 38.5. The molecule has 0 radical (unpaired) electrons. The molecule has 1 heterocycles. The van der Waals surface area contributed by atoms with Crippen LogP contribution in [0.1, 0.15) is 43.0 Å². The molecule has 5 aromatic rings. The highest BCUT2D eigenvalue weighted by atomic mass is 35.5. The molecule has 1 unspecified atom stereocenters. The maximum absolute atomic E-state index is 14.1. The Kier molecular flexibility index (Phi) is 13.1. The second-order valence-corrected chi connectivity index (χ2v) is 13.3. The lowest BCUT2D eigenvalue weighted by Crippen LogP contribution is -2.31. The largest absolute Gasteiger partial charge is 0.464 e. The molecule has 0 fully saturated rings. The van der Waals surface area contributed by atoms with Crippen molar-refractivity contribution in [2.24, 2.45) is 5.73 Å². The van der Waals surface area contributed by atoms with E-state index in [9.17, 15) is 18.8 Å². The average Bonchev–Trinajstić information content (AvgIpc) is 3.46. The van der Waals surface area contributed by atoms with Crippen LogP contribution in [-0.2, 0) is 36.9 Å². The monoisotopic (exact) mass is 767 g/mol. The number of amides is 1. The number of esters is 2. The predicted octanol–water partition coefficient (Wildman–Crippen LogP) is 7.49. The number of rotatable bonds is 16. The fourth-order valence-corrected chi connectivity index (χ4v) is 6.28. The van der Waals surface area contributed by atoms with Crippen LogP contribution in [0.2, 0.25) is 15.1 Å². The van der Waals surface area contributed by atoms with E-state index < -0.39 is 17.8 Å². The second-order valence-electron chi connectivity index (χ2n) is 12.1. The first-order valence-corrected chi connectivity index (χ1v) is 17.5. The summed E-state index contributed by atoms with van der Waals surface area (Å²) in [5, 5.41) is 4.30. The van der Waals surface area contributed by atoms with Crippen LogP contribution >= 0.6 is 34.8 Å². The number of halogens is 4. The molecule has 0 saturated heterocycles. The van der Waals surface area contributed by atoms with Crippen molar-refractivity contribution in [3.8, 4) is 11.4 Å². The molecular weight excluding hydrogens is 732 g/mol. The number of nitrogens with two attached hydrogens (primary N) is 1. The van der Waals surface area contributed by atoms with Crippen molar-refractivity contribution in [1.29, 1.82) is 0 Å². The van der Waals surface area contributed by atoms with Gasteiger partial charge in [-0.25, -0.2) is 9.37 Å². The van der Waals surface area contributed by atoms with Gasteiger partial charge in [-0.1, -0.05) is 53.0 Å². The van der Waals surface area contributed by atoms with Crippen LogP contribution < -0.4 is 16.0 Å². The Morgan fingerprint density at radius 2 is 1.50 bits per heavy atom. The van der Waals surface area contributed by atoms with E-state index in [0.29, 0.717) is 47.6 Å². The highest BCUT2D eigenvalue weighted by Crippen LogP contribution is 2.31. The van der Waals surface area contributed by atoms with E-state index in [1.807, 2.05) is 58.0 Å². The molecule has 1 atom stereocenters. The Bertz CT molecular complexity index is 2050. The van der Waals surface area contributed by atoms with Crippen LogP contribution in [-0.4, -0.2) is 53.7 Å². The number of carbonyl (C=O) groups excluding carboxylic acids is 3. The average molecular weight is 769 g/mol. The summed E-state index contributed by atoms with van der Waals surface area (Å²) >= 11 is 18.5. The molecule has 52 heavy (non-hydrogen) atoms. The van der Waals surface area contributed by atoms with E-state index in [1.165, 1.54) is 19.9 Å². The van der Waals surface area contributed by atoms with Gasteiger partial charge in [0.15, 0.2) is 0 Å². The molecule has 1 aromatic heterocycles. The number of ether oxygens (including phenoxy) is 2. The number of fused-ring (bicyclic) bond motifs is 1. The Balaban J connectivity index is 1.50. The van der Waals surface area contributed by atoms with Crippen LogP contribution in [0.25, 0.3) is 22.4 Å². The highest BCUT2D eigenvalue weighted by Gasteiger charge is 2.20. The minimum absolute atomic E-state index is 0.0139. The number of nitrogens with zero attached hydrogens (tertiary/aromatic N) is 3. The third kappa shape index (κ3) is 10.2. The Morgan fingerprint density at radius 3 is 2.12 bits per heavy atom. The van der Waals surface area contributed by atoms with E-state index in [1.54, 1.807) is 24.3 Å². The maximum atomic E-state index is 14.1. The summed E-state index contributed by atoms with van der Waals surface area (Å²) in [6.45, 7) is 4.53. The second kappa shape index (κ2) is 17.7. The smallest absolute Gasteiger partial charge is 0.302 e. The van der Waals surface area contributed by atoms with Gasteiger partial charge in [0.05, 0.1) is 39.2 Å². The zero-order valence-corrected chi connectivity index (χ0v) is 30.8. The topological polar surface area (TPSA) is 129 Å². The minimum atomic E-state index is -0.512. The summed E-state index contributed by atoms with van der Waals surface area (Å²) in [5.74, 6) is -1.12. The fourth-order valence-electron chi connectivity index (χ4n) is 5.75. The van der Waals surface area contributed by atoms with Gasteiger partial charge in [-0.3, -0.25) is 14.4 Å². The number of benzene rings is 4. The van der Waals surface area contributed by atoms with Crippen LogP contribution in [0.3, 0.4) is 0 Å². The quantitative estimate of drug-likeness (QED) is 0.0989. The molecule has 0 bridgehead atoms. The molecule has 14 heteroatoms. The standard InChI is InChI=1S/C38H37Cl3FN5O5/c1-23(48)51-15-13-46(14-16-52-24(2)49)29-8-5-27(6-9-29)38-45-35-19-28(7-12-36(35)47(38)22-26-4-11-33(42)32(41)18-26)34(20-37(43)50)44-21-25-3-10-30(39)31(40)17-25/h3-12,17-19,34,44H,13-16,20-22H2,1-2H3,(H2,43,50). The normalized spacial score (nSPS) is 11.7. The summed E-state index contributed by atoms with van der Waals surface area (Å²) in [4.78, 5) is 41.9. The number of primary amides is 1. The number of hydrogen-bond donors (Lipinski definition) is 2. The Morgan fingerprint density at radius 1 is 0.846 bits per heavy atom. The van der Waals surface area contributed by atoms with Crippen molar-refractivity contribution in [2.75, 3.05) is 31.2 Å². The number of carbonyl (C=O) groups is 3. The lowest BCUT2D eigenvalue weighted by Gasteiger charge is -2.24.